The predicted molar refractivity (Wildman–Crippen MR) is 48.2 cm³/mol. The fraction of sp³-hybridized carbons (Fsp3) is 0.444. The molecule has 0 aromatic rings. The third-order valence-corrected chi connectivity index (χ3v) is 1.23. The highest BCUT2D eigenvalue weighted by atomic mass is 16.6. The van der Waals surface area contributed by atoms with Crippen molar-refractivity contribution in [3.05, 3.63) is 11.5 Å². The van der Waals surface area contributed by atoms with Crippen LogP contribution in [0.3, 0.4) is 0 Å². The standard InChI is InChI=1S/C9H12O6/c1-5(14-6(2)10)8(9(12)13-4)15-7(3)11/h1-4H3. The van der Waals surface area contributed by atoms with Gasteiger partial charge in [-0.05, 0) is 6.92 Å². The lowest BCUT2D eigenvalue weighted by Crippen LogP contribution is -2.15. The highest BCUT2D eigenvalue weighted by Gasteiger charge is 2.19. The van der Waals surface area contributed by atoms with Gasteiger partial charge in [0, 0.05) is 13.8 Å². The zero-order chi connectivity index (χ0) is 12.0. The first-order chi connectivity index (χ1) is 6.88. The van der Waals surface area contributed by atoms with Crippen LogP contribution in [0.1, 0.15) is 20.8 Å². The number of rotatable bonds is 3. The smallest absolute Gasteiger partial charge is 0.377 e. The van der Waals surface area contributed by atoms with Crippen molar-refractivity contribution in [2.75, 3.05) is 7.11 Å². The molecule has 84 valence electrons. The van der Waals surface area contributed by atoms with Gasteiger partial charge < -0.3 is 14.2 Å². The minimum absolute atomic E-state index is 0.121. The van der Waals surface area contributed by atoms with E-state index in [1.54, 1.807) is 0 Å². The van der Waals surface area contributed by atoms with E-state index >= 15 is 0 Å². The first-order valence-electron chi connectivity index (χ1n) is 4.04. The molecule has 0 unspecified atom stereocenters. The minimum Gasteiger partial charge on any atom is -0.463 e. The zero-order valence-electron chi connectivity index (χ0n) is 8.95. The summed E-state index contributed by atoms with van der Waals surface area (Å²) < 4.78 is 13.5. The molecule has 0 aromatic heterocycles. The Balaban J connectivity index is 4.96. The summed E-state index contributed by atoms with van der Waals surface area (Å²) in [5, 5.41) is 0. The number of carbonyl (C=O) groups excluding carboxylic acids is 3. The van der Waals surface area contributed by atoms with Crippen LogP contribution in [0.25, 0.3) is 0 Å². The maximum atomic E-state index is 11.1. The molecule has 6 nitrogen and oxygen atoms in total. The zero-order valence-corrected chi connectivity index (χ0v) is 8.95. The van der Waals surface area contributed by atoms with Gasteiger partial charge in [0.1, 0.15) is 0 Å². The molecule has 0 saturated heterocycles. The van der Waals surface area contributed by atoms with Gasteiger partial charge in [0.25, 0.3) is 5.76 Å². The second-order valence-corrected chi connectivity index (χ2v) is 2.56. The molecule has 0 aromatic carbocycles. The van der Waals surface area contributed by atoms with Crippen LogP contribution in [-0.4, -0.2) is 25.0 Å². The quantitative estimate of drug-likeness (QED) is 0.296. The fourth-order valence-electron chi connectivity index (χ4n) is 0.756. The average Bonchev–Trinajstić information content (AvgIpc) is 2.11. The SMILES string of the molecule is COC(=O)C(OC(C)=O)=C(C)OC(C)=O. The minimum atomic E-state index is -0.885. The molecule has 0 fully saturated rings. The van der Waals surface area contributed by atoms with E-state index in [1.165, 1.54) is 6.92 Å². The van der Waals surface area contributed by atoms with Crippen LogP contribution < -0.4 is 0 Å². The van der Waals surface area contributed by atoms with Crippen molar-refractivity contribution in [2.45, 2.75) is 20.8 Å². The molecule has 0 N–H and O–H groups in total. The Bertz CT molecular complexity index is 315. The summed E-state index contributed by atoms with van der Waals surface area (Å²) in [5.74, 6) is -2.77. The highest BCUT2D eigenvalue weighted by Crippen LogP contribution is 2.10. The lowest BCUT2D eigenvalue weighted by Gasteiger charge is -2.08. The van der Waals surface area contributed by atoms with E-state index in [9.17, 15) is 14.4 Å². The van der Waals surface area contributed by atoms with Crippen LogP contribution in [0.4, 0.5) is 0 Å². The van der Waals surface area contributed by atoms with Crippen LogP contribution in [-0.2, 0) is 28.6 Å². The first-order valence-corrected chi connectivity index (χ1v) is 4.04. The number of hydrogen-bond acceptors (Lipinski definition) is 6. The summed E-state index contributed by atoms with van der Waals surface area (Å²) in [7, 11) is 1.12. The Morgan fingerprint density at radius 3 is 1.67 bits per heavy atom. The van der Waals surface area contributed by atoms with Crippen LogP contribution in [0.2, 0.25) is 0 Å². The van der Waals surface area contributed by atoms with Crippen molar-refractivity contribution in [3.63, 3.8) is 0 Å². The van der Waals surface area contributed by atoms with Crippen molar-refractivity contribution in [1.82, 2.24) is 0 Å². The lowest BCUT2D eigenvalue weighted by molar-refractivity contribution is -0.150. The molecule has 15 heavy (non-hydrogen) atoms. The average molecular weight is 216 g/mol. The number of esters is 3. The molecule has 6 heteroatoms. The first kappa shape index (κ1) is 13.2. The predicted octanol–water partition coefficient (Wildman–Crippen LogP) is 0.517. The molecular formula is C9H12O6. The van der Waals surface area contributed by atoms with Gasteiger partial charge in [0.2, 0.25) is 0 Å². The van der Waals surface area contributed by atoms with Gasteiger partial charge in [-0.3, -0.25) is 9.59 Å². The second-order valence-electron chi connectivity index (χ2n) is 2.56. The van der Waals surface area contributed by atoms with E-state index in [2.05, 4.69) is 14.2 Å². The number of ether oxygens (including phenoxy) is 3. The van der Waals surface area contributed by atoms with Crippen LogP contribution >= 0.6 is 0 Å². The molecular weight excluding hydrogens is 204 g/mol. The molecule has 0 aliphatic carbocycles. The van der Waals surface area contributed by atoms with Crippen LogP contribution in [0, 0.1) is 0 Å². The Morgan fingerprint density at radius 1 is 0.867 bits per heavy atom. The van der Waals surface area contributed by atoms with Gasteiger partial charge >= 0.3 is 17.9 Å². The largest absolute Gasteiger partial charge is 0.463 e. The molecule has 0 rings (SSSR count). The number of allylic oxidation sites excluding steroid dienone is 1. The summed E-state index contributed by atoms with van der Waals surface area (Å²) in [6.07, 6.45) is 0. The summed E-state index contributed by atoms with van der Waals surface area (Å²) in [6.45, 7) is 3.59. The van der Waals surface area contributed by atoms with Crippen molar-refractivity contribution >= 4 is 17.9 Å². The Labute approximate surface area is 86.8 Å². The maximum Gasteiger partial charge on any atom is 0.377 e. The Hall–Kier alpha value is -1.85. The van der Waals surface area contributed by atoms with E-state index in [1.807, 2.05) is 0 Å². The highest BCUT2D eigenvalue weighted by molar-refractivity contribution is 5.90. The van der Waals surface area contributed by atoms with E-state index < -0.39 is 23.7 Å². The molecule has 0 amide bonds. The summed E-state index contributed by atoms with van der Waals surface area (Å²) in [4.78, 5) is 32.4. The van der Waals surface area contributed by atoms with Gasteiger partial charge in [-0.1, -0.05) is 0 Å². The number of methoxy groups -OCH3 is 1. The van der Waals surface area contributed by atoms with Gasteiger partial charge in [0.05, 0.1) is 7.11 Å². The van der Waals surface area contributed by atoms with Crippen molar-refractivity contribution in [1.29, 1.82) is 0 Å². The van der Waals surface area contributed by atoms with E-state index in [0.717, 1.165) is 21.0 Å². The molecule has 0 aliphatic heterocycles. The number of hydrogen-bond donors (Lipinski definition) is 0. The number of carbonyl (C=O) groups is 3. The second kappa shape index (κ2) is 5.79. The molecule has 0 radical (unpaired) electrons. The summed E-state index contributed by atoms with van der Waals surface area (Å²) in [6, 6.07) is 0. The van der Waals surface area contributed by atoms with Crippen LogP contribution in [0.15, 0.2) is 11.5 Å². The Kier molecular flexibility index (Phi) is 5.08. The third kappa shape index (κ3) is 4.80. The molecule has 0 heterocycles. The van der Waals surface area contributed by atoms with Gasteiger partial charge in [-0.2, -0.15) is 0 Å². The van der Waals surface area contributed by atoms with Crippen molar-refractivity contribution < 1.29 is 28.6 Å². The van der Waals surface area contributed by atoms with E-state index in [0.29, 0.717) is 0 Å². The summed E-state index contributed by atoms with van der Waals surface area (Å²) >= 11 is 0. The topological polar surface area (TPSA) is 78.9 Å². The summed E-state index contributed by atoms with van der Waals surface area (Å²) in [5.41, 5.74) is 0. The lowest BCUT2D eigenvalue weighted by atomic mass is 10.4. The van der Waals surface area contributed by atoms with Gasteiger partial charge in [-0.25, -0.2) is 4.79 Å². The monoisotopic (exact) mass is 216 g/mol. The van der Waals surface area contributed by atoms with E-state index in [-0.39, 0.29) is 5.76 Å². The van der Waals surface area contributed by atoms with Gasteiger partial charge in [0.15, 0.2) is 5.76 Å². The maximum absolute atomic E-state index is 11.1. The normalized spacial score (nSPS) is 11.2. The Morgan fingerprint density at radius 2 is 1.33 bits per heavy atom. The van der Waals surface area contributed by atoms with Crippen LogP contribution in [0.5, 0.6) is 0 Å². The molecule has 0 bridgehead atoms. The molecule has 0 spiro atoms. The van der Waals surface area contributed by atoms with E-state index in [4.69, 9.17) is 0 Å². The third-order valence-electron chi connectivity index (χ3n) is 1.23. The molecule has 0 saturated carbocycles. The van der Waals surface area contributed by atoms with Crippen molar-refractivity contribution in [2.24, 2.45) is 0 Å². The van der Waals surface area contributed by atoms with Crippen molar-refractivity contribution in [3.8, 4) is 0 Å². The molecule has 0 aliphatic rings. The van der Waals surface area contributed by atoms with Gasteiger partial charge in [-0.15, -0.1) is 0 Å². The molecule has 0 atom stereocenters. The fourth-order valence-corrected chi connectivity index (χ4v) is 0.756.